The Kier molecular flexibility index (Phi) is 11.3. The van der Waals surface area contributed by atoms with Crippen molar-refractivity contribution in [1.82, 2.24) is 16.1 Å². The van der Waals surface area contributed by atoms with E-state index in [0.29, 0.717) is 22.6 Å². The smallest absolute Gasteiger partial charge is 0.251 e. The van der Waals surface area contributed by atoms with Crippen LogP contribution >= 0.6 is 0 Å². The van der Waals surface area contributed by atoms with E-state index >= 15 is 0 Å². The van der Waals surface area contributed by atoms with Gasteiger partial charge in [-0.1, -0.05) is 84.9 Å². The zero-order valence-electron chi connectivity index (χ0n) is 26.0. The van der Waals surface area contributed by atoms with Gasteiger partial charge in [-0.25, -0.2) is 0 Å². The number of amides is 2. The van der Waals surface area contributed by atoms with Gasteiger partial charge in [0, 0.05) is 11.1 Å². The molecule has 0 radical (unpaired) electrons. The van der Waals surface area contributed by atoms with Crippen LogP contribution in [0.15, 0.2) is 124 Å². The normalized spacial score (nSPS) is 13.6. The van der Waals surface area contributed by atoms with Crippen LogP contribution in [0.2, 0.25) is 0 Å². The number of carbonyl (C=O) groups excluding carboxylic acids is 2. The number of carbonyl (C=O) groups is 2. The SMILES string of the molecule is C/C(=N/N=C(N)N)c1ccc(C(=O)NC(c2ccccc2)[C@H](NC(=O)c2cccc(/C(C)=N\NC(C)N)c2)c2ccccc2)cc1. The summed E-state index contributed by atoms with van der Waals surface area (Å²) in [5.41, 5.74) is 24.7. The van der Waals surface area contributed by atoms with Crippen LogP contribution in [-0.2, 0) is 0 Å². The van der Waals surface area contributed by atoms with E-state index in [9.17, 15) is 9.59 Å². The van der Waals surface area contributed by atoms with E-state index in [4.69, 9.17) is 17.2 Å². The van der Waals surface area contributed by atoms with Crippen LogP contribution in [0.4, 0.5) is 0 Å². The molecule has 236 valence electrons. The fourth-order valence-electron chi connectivity index (χ4n) is 4.69. The highest BCUT2D eigenvalue weighted by Gasteiger charge is 2.29. The number of nitrogens with one attached hydrogen (secondary N) is 3. The zero-order chi connectivity index (χ0) is 33.1. The molecule has 0 fully saturated rings. The lowest BCUT2D eigenvalue weighted by Crippen LogP contribution is -2.41. The minimum atomic E-state index is -0.619. The van der Waals surface area contributed by atoms with Crippen molar-refractivity contribution in [1.29, 1.82) is 0 Å². The number of rotatable bonds is 12. The molecular weight excluding hydrogens is 578 g/mol. The van der Waals surface area contributed by atoms with Crippen molar-refractivity contribution in [2.24, 2.45) is 32.5 Å². The highest BCUT2D eigenvalue weighted by atomic mass is 16.2. The van der Waals surface area contributed by atoms with Gasteiger partial charge in [-0.15, -0.1) is 5.10 Å². The standard InChI is InChI=1S/C35H39N9O2/c1-22(42-44-35(37)38)25-17-19-28(20-18-25)33(45)39-31(26-11-6-4-7-12-26)32(27-13-8-5-9-14-27)40-34(46)30-16-10-15-29(21-30)23(2)41-43-24(3)36/h4-21,24,31-32,43H,36H2,1-3H3,(H,39,45)(H,40,46)(H4,37,38,44)/b41-23-,42-22-/t24?,31?,32-/m1/s1. The van der Waals surface area contributed by atoms with Crippen LogP contribution in [0.3, 0.4) is 0 Å². The van der Waals surface area contributed by atoms with Gasteiger partial charge in [0.05, 0.1) is 29.7 Å². The molecule has 2 amide bonds. The molecule has 0 saturated heterocycles. The molecule has 9 N–H and O–H groups in total. The lowest BCUT2D eigenvalue weighted by atomic mass is 9.92. The largest absolute Gasteiger partial charge is 0.369 e. The van der Waals surface area contributed by atoms with Crippen LogP contribution < -0.4 is 33.3 Å². The van der Waals surface area contributed by atoms with Gasteiger partial charge >= 0.3 is 0 Å². The Morgan fingerprint density at radius 1 is 0.609 bits per heavy atom. The van der Waals surface area contributed by atoms with Crippen LogP contribution in [-0.4, -0.2) is 35.4 Å². The van der Waals surface area contributed by atoms with Crippen molar-refractivity contribution in [3.8, 4) is 0 Å². The molecule has 3 atom stereocenters. The number of hydrazone groups is 1. The first kappa shape index (κ1) is 33.1. The summed E-state index contributed by atoms with van der Waals surface area (Å²) < 4.78 is 0. The summed E-state index contributed by atoms with van der Waals surface area (Å²) in [5.74, 6) is -0.767. The summed E-state index contributed by atoms with van der Waals surface area (Å²) in [4.78, 5) is 27.5. The molecule has 11 nitrogen and oxygen atoms in total. The Morgan fingerprint density at radius 3 is 1.63 bits per heavy atom. The fraction of sp³-hybridized carbons (Fsp3) is 0.171. The first-order chi connectivity index (χ1) is 22.1. The van der Waals surface area contributed by atoms with Crippen molar-refractivity contribution >= 4 is 29.2 Å². The third kappa shape index (κ3) is 9.10. The number of hydrogen-bond donors (Lipinski definition) is 6. The third-order valence-electron chi connectivity index (χ3n) is 7.08. The quantitative estimate of drug-likeness (QED) is 0.0605. The summed E-state index contributed by atoms with van der Waals surface area (Å²) in [7, 11) is 0. The molecular formula is C35H39N9O2. The maximum Gasteiger partial charge on any atom is 0.251 e. The van der Waals surface area contributed by atoms with E-state index < -0.39 is 12.1 Å². The predicted octanol–water partition coefficient (Wildman–Crippen LogP) is 3.94. The van der Waals surface area contributed by atoms with Crippen LogP contribution in [0.5, 0.6) is 0 Å². The van der Waals surface area contributed by atoms with E-state index in [1.165, 1.54) is 0 Å². The van der Waals surface area contributed by atoms with Gasteiger partial charge in [-0.3, -0.25) is 15.0 Å². The van der Waals surface area contributed by atoms with Gasteiger partial charge in [0.2, 0.25) is 5.96 Å². The highest BCUT2D eigenvalue weighted by molar-refractivity contribution is 6.02. The summed E-state index contributed by atoms with van der Waals surface area (Å²) in [6.07, 6.45) is -0.315. The lowest BCUT2D eigenvalue weighted by Gasteiger charge is -2.30. The molecule has 4 rings (SSSR count). The summed E-state index contributed by atoms with van der Waals surface area (Å²) in [5, 5.41) is 18.3. The zero-order valence-corrected chi connectivity index (χ0v) is 26.0. The average molecular weight is 618 g/mol. The second-order valence-electron chi connectivity index (χ2n) is 10.7. The van der Waals surface area contributed by atoms with Crippen LogP contribution in [0.1, 0.15) is 75.8 Å². The molecule has 11 heteroatoms. The molecule has 0 aliphatic rings. The number of hydrogen-bond acceptors (Lipinski definition) is 7. The second-order valence-corrected chi connectivity index (χ2v) is 10.7. The molecule has 4 aromatic rings. The predicted molar refractivity (Wildman–Crippen MR) is 183 cm³/mol. The Bertz CT molecular complexity index is 1710. The first-order valence-electron chi connectivity index (χ1n) is 14.7. The topological polar surface area (TPSA) is 185 Å². The highest BCUT2D eigenvalue weighted by Crippen LogP contribution is 2.30. The van der Waals surface area contributed by atoms with Gasteiger partial charge in [-0.2, -0.15) is 10.2 Å². The van der Waals surface area contributed by atoms with Gasteiger partial charge < -0.3 is 27.8 Å². The van der Waals surface area contributed by atoms with Crippen LogP contribution in [0, 0.1) is 0 Å². The van der Waals surface area contributed by atoms with E-state index in [0.717, 1.165) is 22.3 Å². The minimum Gasteiger partial charge on any atom is -0.369 e. The maximum absolute atomic E-state index is 13.8. The molecule has 0 spiro atoms. The molecule has 0 aromatic heterocycles. The van der Waals surface area contributed by atoms with Crippen molar-refractivity contribution in [2.75, 3.05) is 0 Å². The van der Waals surface area contributed by atoms with E-state index in [-0.39, 0.29) is 23.9 Å². The third-order valence-corrected chi connectivity index (χ3v) is 7.08. The first-order valence-corrected chi connectivity index (χ1v) is 14.7. The minimum absolute atomic E-state index is 0.145. The summed E-state index contributed by atoms with van der Waals surface area (Å²) in [6.45, 7) is 5.39. The molecule has 0 heterocycles. The fourth-order valence-corrected chi connectivity index (χ4v) is 4.69. The molecule has 0 saturated carbocycles. The Hall–Kier alpha value is -5.81. The molecule has 2 unspecified atom stereocenters. The number of guanidine groups is 1. The van der Waals surface area contributed by atoms with E-state index in [1.54, 1.807) is 56.3 Å². The van der Waals surface area contributed by atoms with Gasteiger partial charge in [0.25, 0.3) is 11.8 Å². The van der Waals surface area contributed by atoms with Crippen molar-refractivity contribution in [3.05, 3.63) is 143 Å². The Morgan fingerprint density at radius 2 is 1.11 bits per heavy atom. The average Bonchev–Trinajstić information content (AvgIpc) is 3.08. The van der Waals surface area contributed by atoms with E-state index in [1.807, 2.05) is 73.7 Å². The van der Waals surface area contributed by atoms with Crippen LogP contribution in [0.25, 0.3) is 0 Å². The monoisotopic (exact) mass is 617 g/mol. The van der Waals surface area contributed by atoms with Gasteiger partial charge in [0.15, 0.2) is 0 Å². The van der Waals surface area contributed by atoms with Crippen molar-refractivity contribution < 1.29 is 9.59 Å². The van der Waals surface area contributed by atoms with Crippen molar-refractivity contribution in [2.45, 2.75) is 39.0 Å². The number of nitrogens with two attached hydrogens (primary N) is 3. The van der Waals surface area contributed by atoms with E-state index in [2.05, 4.69) is 31.4 Å². The summed E-state index contributed by atoms with van der Waals surface area (Å²) >= 11 is 0. The second kappa shape index (κ2) is 15.8. The molecule has 0 aliphatic carbocycles. The maximum atomic E-state index is 13.8. The Labute approximate surface area is 268 Å². The molecule has 46 heavy (non-hydrogen) atoms. The summed E-state index contributed by atoms with van der Waals surface area (Å²) in [6, 6.07) is 32.0. The number of benzene rings is 4. The molecule has 0 aliphatic heterocycles. The lowest BCUT2D eigenvalue weighted by molar-refractivity contribution is 0.0881. The Balaban J connectivity index is 1.66. The van der Waals surface area contributed by atoms with Gasteiger partial charge in [-0.05, 0) is 67.3 Å². The molecule has 0 bridgehead atoms. The van der Waals surface area contributed by atoms with Gasteiger partial charge in [0.1, 0.15) is 0 Å². The molecule has 4 aromatic carbocycles. The van der Waals surface area contributed by atoms with Crippen molar-refractivity contribution in [3.63, 3.8) is 0 Å². The number of nitrogens with zero attached hydrogens (tertiary/aromatic N) is 3.